The van der Waals surface area contributed by atoms with Crippen LogP contribution in [-0.4, -0.2) is 24.2 Å². The summed E-state index contributed by atoms with van der Waals surface area (Å²) in [4.78, 5) is 11.6. The Kier molecular flexibility index (Phi) is 3.12. The van der Waals surface area contributed by atoms with Gasteiger partial charge >= 0.3 is 0 Å². The molecule has 78 valence electrons. The minimum absolute atomic E-state index is 0.179. The van der Waals surface area contributed by atoms with Gasteiger partial charge < -0.3 is 10.1 Å². The van der Waals surface area contributed by atoms with Gasteiger partial charge in [0.25, 0.3) is 5.91 Å². The van der Waals surface area contributed by atoms with Crippen molar-refractivity contribution in [1.29, 1.82) is 5.26 Å². The lowest BCUT2D eigenvalue weighted by Gasteiger charge is -2.21. The molecule has 2 atom stereocenters. The van der Waals surface area contributed by atoms with Crippen molar-refractivity contribution in [2.45, 2.75) is 38.8 Å². The third-order valence-corrected chi connectivity index (χ3v) is 2.36. The highest BCUT2D eigenvalue weighted by Gasteiger charge is 2.33. The average molecular weight is 196 g/mol. The Balaban J connectivity index is 2.55. The summed E-state index contributed by atoms with van der Waals surface area (Å²) in [6.07, 6.45) is 0.521. The number of hydrogen-bond donors (Lipinski definition) is 1. The molecule has 1 N–H and O–H groups in total. The molecule has 0 spiro atoms. The van der Waals surface area contributed by atoms with Gasteiger partial charge in [-0.2, -0.15) is 5.26 Å². The quantitative estimate of drug-likeness (QED) is 0.711. The molecule has 1 heterocycles. The van der Waals surface area contributed by atoms with E-state index < -0.39 is 5.54 Å². The van der Waals surface area contributed by atoms with E-state index >= 15 is 0 Å². The van der Waals surface area contributed by atoms with Gasteiger partial charge in [-0.05, 0) is 26.2 Å². The van der Waals surface area contributed by atoms with Crippen molar-refractivity contribution >= 4 is 5.91 Å². The standard InChI is InChI=1S/C10H16N2O2/c1-7-4-5-14-8(7)9(13)12-10(2,3)6-11/h7-8H,4-5H2,1-3H3,(H,12,13). The molecule has 1 amide bonds. The van der Waals surface area contributed by atoms with E-state index in [1.54, 1.807) is 13.8 Å². The predicted octanol–water partition coefficient (Wildman–Crippen LogP) is 0.830. The molecule has 0 aromatic heterocycles. The third kappa shape index (κ3) is 2.46. The molecule has 1 rings (SSSR count). The topological polar surface area (TPSA) is 62.1 Å². The van der Waals surface area contributed by atoms with Crippen LogP contribution >= 0.6 is 0 Å². The Bertz CT molecular complexity index is 268. The molecule has 0 aliphatic carbocycles. The van der Waals surface area contributed by atoms with Crippen LogP contribution in [0.2, 0.25) is 0 Å². The maximum Gasteiger partial charge on any atom is 0.250 e. The van der Waals surface area contributed by atoms with E-state index in [1.807, 2.05) is 13.0 Å². The summed E-state index contributed by atoms with van der Waals surface area (Å²) in [6.45, 7) is 5.96. The highest BCUT2D eigenvalue weighted by molar-refractivity contribution is 5.82. The van der Waals surface area contributed by atoms with Gasteiger partial charge in [-0.1, -0.05) is 6.92 Å². The first kappa shape index (κ1) is 11.0. The molecule has 0 saturated carbocycles. The molecule has 1 fully saturated rings. The van der Waals surface area contributed by atoms with Crippen molar-refractivity contribution in [1.82, 2.24) is 5.32 Å². The first-order chi connectivity index (χ1) is 6.46. The zero-order valence-electron chi connectivity index (χ0n) is 8.83. The number of nitrogens with one attached hydrogen (secondary N) is 1. The van der Waals surface area contributed by atoms with Gasteiger partial charge in [-0.3, -0.25) is 4.79 Å². The van der Waals surface area contributed by atoms with E-state index in [4.69, 9.17) is 10.00 Å². The fraction of sp³-hybridized carbons (Fsp3) is 0.800. The molecule has 1 aliphatic rings. The van der Waals surface area contributed by atoms with Crippen LogP contribution in [0.25, 0.3) is 0 Å². The Morgan fingerprint density at radius 1 is 1.64 bits per heavy atom. The van der Waals surface area contributed by atoms with Crippen molar-refractivity contribution in [2.24, 2.45) is 5.92 Å². The van der Waals surface area contributed by atoms with Crippen molar-refractivity contribution in [2.75, 3.05) is 6.61 Å². The minimum atomic E-state index is -0.817. The second kappa shape index (κ2) is 3.97. The first-order valence-corrected chi connectivity index (χ1v) is 4.81. The normalized spacial score (nSPS) is 27.0. The number of amides is 1. The van der Waals surface area contributed by atoms with Crippen LogP contribution in [-0.2, 0) is 9.53 Å². The van der Waals surface area contributed by atoms with E-state index in [2.05, 4.69) is 5.32 Å². The smallest absolute Gasteiger partial charge is 0.250 e. The van der Waals surface area contributed by atoms with Crippen LogP contribution in [0.3, 0.4) is 0 Å². The summed E-state index contributed by atoms with van der Waals surface area (Å²) in [5, 5.41) is 11.4. The number of nitriles is 1. The Hall–Kier alpha value is -1.08. The Morgan fingerprint density at radius 2 is 2.29 bits per heavy atom. The van der Waals surface area contributed by atoms with Crippen LogP contribution in [0.4, 0.5) is 0 Å². The monoisotopic (exact) mass is 196 g/mol. The average Bonchev–Trinajstić information content (AvgIpc) is 2.51. The van der Waals surface area contributed by atoms with E-state index in [1.165, 1.54) is 0 Å². The summed E-state index contributed by atoms with van der Waals surface area (Å²) in [6, 6.07) is 2.02. The Labute approximate surface area is 84.2 Å². The third-order valence-electron chi connectivity index (χ3n) is 2.36. The lowest BCUT2D eigenvalue weighted by atomic mass is 10.0. The number of ether oxygens (including phenoxy) is 1. The first-order valence-electron chi connectivity index (χ1n) is 4.81. The lowest BCUT2D eigenvalue weighted by Crippen LogP contribution is -2.48. The van der Waals surface area contributed by atoms with Gasteiger partial charge in [0.15, 0.2) is 0 Å². The van der Waals surface area contributed by atoms with Gasteiger partial charge in [0.2, 0.25) is 0 Å². The van der Waals surface area contributed by atoms with Crippen LogP contribution < -0.4 is 5.32 Å². The zero-order valence-corrected chi connectivity index (χ0v) is 8.83. The van der Waals surface area contributed by atoms with Crippen LogP contribution in [0, 0.1) is 17.2 Å². The maximum absolute atomic E-state index is 11.6. The summed E-state index contributed by atoms with van der Waals surface area (Å²) >= 11 is 0. The molecule has 0 aromatic rings. The van der Waals surface area contributed by atoms with Crippen LogP contribution in [0.15, 0.2) is 0 Å². The van der Waals surface area contributed by atoms with Gasteiger partial charge in [0, 0.05) is 6.61 Å². The second-order valence-corrected chi connectivity index (χ2v) is 4.28. The van der Waals surface area contributed by atoms with E-state index in [-0.39, 0.29) is 17.9 Å². The summed E-state index contributed by atoms with van der Waals surface area (Å²) < 4.78 is 5.30. The zero-order chi connectivity index (χ0) is 10.8. The van der Waals surface area contributed by atoms with Gasteiger partial charge in [-0.15, -0.1) is 0 Å². The molecule has 1 saturated heterocycles. The summed E-state index contributed by atoms with van der Waals surface area (Å²) in [7, 11) is 0. The Morgan fingerprint density at radius 3 is 2.71 bits per heavy atom. The molecule has 14 heavy (non-hydrogen) atoms. The van der Waals surface area contributed by atoms with Crippen molar-refractivity contribution in [3.63, 3.8) is 0 Å². The van der Waals surface area contributed by atoms with Crippen molar-refractivity contribution < 1.29 is 9.53 Å². The second-order valence-electron chi connectivity index (χ2n) is 4.28. The molecule has 4 nitrogen and oxygen atoms in total. The molecule has 0 radical (unpaired) electrons. The van der Waals surface area contributed by atoms with E-state index in [0.29, 0.717) is 6.61 Å². The van der Waals surface area contributed by atoms with Gasteiger partial charge in [-0.25, -0.2) is 0 Å². The largest absolute Gasteiger partial charge is 0.368 e. The minimum Gasteiger partial charge on any atom is -0.368 e. The van der Waals surface area contributed by atoms with Gasteiger partial charge in [0.1, 0.15) is 11.6 Å². The molecular formula is C10H16N2O2. The fourth-order valence-corrected chi connectivity index (χ4v) is 1.44. The fourth-order valence-electron chi connectivity index (χ4n) is 1.44. The molecule has 1 aliphatic heterocycles. The van der Waals surface area contributed by atoms with Crippen molar-refractivity contribution in [3.8, 4) is 6.07 Å². The SMILES string of the molecule is CC1CCOC1C(=O)NC(C)(C)C#N. The molecule has 0 bridgehead atoms. The molecular weight excluding hydrogens is 180 g/mol. The summed E-state index contributed by atoms with van der Waals surface area (Å²) in [5.74, 6) is 0.0612. The van der Waals surface area contributed by atoms with E-state index in [0.717, 1.165) is 6.42 Å². The van der Waals surface area contributed by atoms with Crippen LogP contribution in [0.1, 0.15) is 27.2 Å². The number of hydrogen-bond acceptors (Lipinski definition) is 3. The van der Waals surface area contributed by atoms with Crippen LogP contribution in [0.5, 0.6) is 0 Å². The maximum atomic E-state index is 11.6. The van der Waals surface area contributed by atoms with Gasteiger partial charge in [0.05, 0.1) is 6.07 Å². The van der Waals surface area contributed by atoms with Crippen molar-refractivity contribution in [3.05, 3.63) is 0 Å². The predicted molar refractivity (Wildman–Crippen MR) is 51.4 cm³/mol. The number of carbonyl (C=O) groups excluding carboxylic acids is 1. The molecule has 2 unspecified atom stereocenters. The number of carbonyl (C=O) groups is 1. The van der Waals surface area contributed by atoms with E-state index in [9.17, 15) is 4.79 Å². The highest BCUT2D eigenvalue weighted by Crippen LogP contribution is 2.20. The summed E-state index contributed by atoms with van der Waals surface area (Å²) in [5.41, 5.74) is -0.817. The highest BCUT2D eigenvalue weighted by atomic mass is 16.5. The molecule has 4 heteroatoms. The number of rotatable bonds is 2. The lowest BCUT2D eigenvalue weighted by molar-refractivity contribution is -0.132. The number of nitrogens with zero attached hydrogens (tertiary/aromatic N) is 1. The molecule has 0 aromatic carbocycles.